The van der Waals surface area contributed by atoms with Crippen molar-refractivity contribution in [2.24, 2.45) is 12.8 Å². The first-order valence-corrected chi connectivity index (χ1v) is 6.35. The van der Waals surface area contributed by atoms with E-state index in [9.17, 15) is 9.18 Å². The Hall–Kier alpha value is -1.57. The van der Waals surface area contributed by atoms with Crippen molar-refractivity contribution in [1.29, 1.82) is 0 Å². The van der Waals surface area contributed by atoms with Crippen LogP contribution >= 0.6 is 0 Å². The largest absolute Gasteiger partial charge is 0.364 e. The number of piperidine rings is 1. The minimum absolute atomic E-state index is 0.212. The molecule has 19 heavy (non-hydrogen) atoms. The van der Waals surface area contributed by atoms with Gasteiger partial charge in [-0.3, -0.25) is 4.79 Å². The van der Waals surface area contributed by atoms with Crippen LogP contribution in [0.15, 0.2) is 0 Å². The van der Waals surface area contributed by atoms with Gasteiger partial charge >= 0.3 is 0 Å². The number of hydrogen-bond donors (Lipinski definition) is 1. The molecule has 0 saturated carbocycles. The molecule has 0 aliphatic carbocycles. The zero-order chi connectivity index (χ0) is 14.2. The maximum Gasteiger partial charge on any atom is 0.272 e. The summed E-state index contributed by atoms with van der Waals surface area (Å²) >= 11 is 0. The highest BCUT2D eigenvalue weighted by molar-refractivity contribution is 6.04. The highest BCUT2D eigenvalue weighted by Gasteiger charge is 2.28. The van der Waals surface area contributed by atoms with Gasteiger partial charge in [0.2, 0.25) is 0 Å². The van der Waals surface area contributed by atoms with E-state index in [1.54, 1.807) is 7.05 Å². The van der Waals surface area contributed by atoms with Gasteiger partial charge in [-0.1, -0.05) is 0 Å². The van der Waals surface area contributed by atoms with E-state index >= 15 is 0 Å². The van der Waals surface area contributed by atoms with Gasteiger partial charge in [-0.2, -0.15) is 5.10 Å². The van der Waals surface area contributed by atoms with Crippen LogP contribution in [0.4, 0.5) is 10.2 Å². The first-order chi connectivity index (χ1) is 8.91. The van der Waals surface area contributed by atoms with Crippen LogP contribution in [0.3, 0.4) is 0 Å². The van der Waals surface area contributed by atoms with Crippen molar-refractivity contribution in [2.75, 3.05) is 25.0 Å². The number of carbonyl (C=O) groups is 1. The summed E-state index contributed by atoms with van der Waals surface area (Å²) in [6, 6.07) is 0.212. The number of carbonyl (C=O) groups excluding carboxylic acids is 1. The highest BCUT2D eigenvalue weighted by Crippen LogP contribution is 2.25. The van der Waals surface area contributed by atoms with Crippen LogP contribution in [0.25, 0.3) is 0 Å². The monoisotopic (exact) mass is 267 g/mol. The van der Waals surface area contributed by atoms with Crippen LogP contribution < -0.4 is 10.6 Å². The molecule has 1 aliphatic heterocycles. The average molecular weight is 267 g/mol. The Morgan fingerprint density at radius 3 is 2.84 bits per heavy atom. The molecule has 2 N–H and O–H groups in total. The lowest BCUT2D eigenvalue weighted by atomic mass is 10.0. The zero-order valence-electron chi connectivity index (χ0n) is 11.6. The van der Waals surface area contributed by atoms with E-state index < -0.39 is 11.7 Å². The predicted octanol–water partition coefficient (Wildman–Crippen LogP) is -0.893. The molecule has 8 heteroatoms. The van der Waals surface area contributed by atoms with Crippen molar-refractivity contribution < 1.29 is 9.18 Å². The van der Waals surface area contributed by atoms with E-state index in [-0.39, 0.29) is 11.7 Å². The van der Waals surface area contributed by atoms with Gasteiger partial charge in [0.15, 0.2) is 25.3 Å². The molecule has 104 valence electrons. The van der Waals surface area contributed by atoms with E-state index in [1.165, 1.54) is 4.68 Å². The molecule has 6 nitrogen and oxygen atoms in total. The Kier molecular flexibility index (Phi) is 3.79. The van der Waals surface area contributed by atoms with E-state index in [0.29, 0.717) is 5.82 Å². The number of anilines is 1. The number of nitrogens with zero attached hydrogens (tertiary/aromatic N) is 4. The molecule has 0 radical (unpaired) electrons. The fourth-order valence-electron chi connectivity index (χ4n) is 2.66. The summed E-state index contributed by atoms with van der Waals surface area (Å²) in [5.74, 6) is -1.16. The summed E-state index contributed by atoms with van der Waals surface area (Å²) in [5.41, 5.74) is 4.82. The summed E-state index contributed by atoms with van der Waals surface area (Å²) in [6.45, 7) is 1.93. The quantitative estimate of drug-likeness (QED) is 0.721. The Balaban J connectivity index is 2.28. The van der Waals surface area contributed by atoms with Crippen LogP contribution in [0.1, 0.15) is 23.3 Å². The van der Waals surface area contributed by atoms with Crippen molar-refractivity contribution in [2.45, 2.75) is 18.9 Å². The number of nitrogens with two attached hydrogens (primary N) is 1. The van der Waals surface area contributed by atoms with Gasteiger partial charge in [0, 0.05) is 26.7 Å². The Bertz CT molecular complexity index is 492. The average Bonchev–Trinajstić information content (AvgIpc) is 2.64. The van der Waals surface area contributed by atoms with Gasteiger partial charge < -0.3 is 15.4 Å². The van der Waals surface area contributed by atoms with Crippen molar-refractivity contribution in [3.63, 3.8) is 0 Å². The molecule has 0 bridgehead atoms. The maximum atomic E-state index is 14.2. The molecule has 1 amide bonds. The molecule has 1 aliphatic rings. The molecular weight excluding hydrogens is 248 g/mol. The molecule has 1 atom stereocenters. The van der Waals surface area contributed by atoms with E-state index in [1.807, 2.05) is 11.9 Å². The van der Waals surface area contributed by atoms with E-state index in [0.717, 1.165) is 25.9 Å². The summed E-state index contributed by atoms with van der Waals surface area (Å²) in [5, 5.41) is 3.86. The molecule has 1 aromatic rings. The van der Waals surface area contributed by atoms with E-state index in [4.69, 9.17) is 5.73 Å². The molecule has 0 aromatic carbocycles. The van der Waals surface area contributed by atoms with Gasteiger partial charge in [0.05, 0.1) is 0 Å². The predicted molar refractivity (Wildman–Crippen MR) is 73.2 cm³/mol. The standard InChI is InChI=1S/C11H19BFN5O/c1-16(7-4-3-5-18(12)6-7)11-8(13)9(10(14)19)15-17(11)2/h7H,3-6,12H2,1-2H3,(H2,14,19)/t7-/m0/s1. The molecule has 0 spiro atoms. The number of halogens is 1. The fraction of sp³-hybridized carbons (Fsp3) is 0.636. The number of rotatable bonds is 3. The van der Waals surface area contributed by atoms with Gasteiger partial charge in [0.1, 0.15) is 0 Å². The maximum absolute atomic E-state index is 14.2. The number of likely N-dealkylation sites (N-methyl/N-ethyl adjacent to an activating group) is 1. The summed E-state index contributed by atoms with van der Waals surface area (Å²) < 4.78 is 15.6. The normalized spacial score (nSPS) is 20.5. The van der Waals surface area contributed by atoms with Crippen LogP contribution in [-0.2, 0) is 7.05 Å². The first kappa shape index (κ1) is 13.9. The van der Waals surface area contributed by atoms with Gasteiger partial charge in [-0.15, -0.1) is 0 Å². The van der Waals surface area contributed by atoms with Crippen molar-refractivity contribution >= 4 is 19.7 Å². The Labute approximate surface area is 112 Å². The molecule has 0 unspecified atom stereocenters. The lowest BCUT2D eigenvalue weighted by molar-refractivity contribution is 0.0991. The van der Waals surface area contributed by atoms with E-state index in [2.05, 4.69) is 17.9 Å². The lowest BCUT2D eigenvalue weighted by Crippen LogP contribution is -2.46. The number of amides is 1. The van der Waals surface area contributed by atoms with Gasteiger partial charge in [-0.25, -0.2) is 9.07 Å². The molecular formula is C11H19BFN5O. The second kappa shape index (κ2) is 5.20. The first-order valence-electron chi connectivity index (χ1n) is 6.35. The number of primary amides is 1. The number of aryl methyl sites for hydroxylation is 1. The van der Waals surface area contributed by atoms with Crippen LogP contribution in [0.5, 0.6) is 0 Å². The zero-order valence-corrected chi connectivity index (χ0v) is 11.6. The summed E-state index contributed by atoms with van der Waals surface area (Å²) in [4.78, 5) is 15.2. The minimum Gasteiger partial charge on any atom is -0.364 e. The minimum atomic E-state index is -0.839. The third-order valence-electron chi connectivity index (χ3n) is 3.68. The Morgan fingerprint density at radius 1 is 1.63 bits per heavy atom. The third-order valence-corrected chi connectivity index (χ3v) is 3.68. The van der Waals surface area contributed by atoms with Crippen LogP contribution in [0.2, 0.25) is 0 Å². The smallest absolute Gasteiger partial charge is 0.272 e. The van der Waals surface area contributed by atoms with Gasteiger partial charge in [-0.05, 0) is 19.4 Å². The molecule has 1 saturated heterocycles. The SMILES string of the molecule is BN1CCC[C@H](N(C)c2c(F)c(C(N)=O)nn2C)C1. The number of aromatic nitrogens is 2. The van der Waals surface area contributed by atoms with Crippen molar-refractivity contribution in [3.8, 4) is 0 Å². The molecule has 1 fully saturated rings. The summed E-state index contributed by atoms with van der Waals surface area (Å²) in [7, 11) is 5.50. The second-order valence-electron chi connectivity index (χ2n) is 5.14. The highest BCUT2D eigenvalue weighted by atomic mass is 19.1. The Morgan fingerprint density at radius 2 is 2.32 bits per heavy atom. The van der Waals surface area contributed by atoms with Crippen LogP contribution in [-0.4, -0.2) is 54.7 Å². The summed E-state index contributed by atoms with van der Waals surface area (Å²) in [6.07, 6.45) is 2.07. The molecule has 1 aromatic heterocycles. The topological polar surface area (TPSA) is 67.4 Å². The third kappa shape index (κ3) is 2.58. The fourth-order valence-corrected chi connectivity index (χ4v) is 2.66. The van der Waals surface area contributed by atoms with Gasteiger partial charge in [0.25, 0.3) is 5.91 Å². The second-order valence-corrected chi connectivity index (χ2v) is 5.14. The van der Waals surface area contributed by atoms with Crippen molar-refractivity contribution in [3.05, 3.63) is 11.5 Å². The van der Waals surface area contributed by atoms with Crippen LogP contribution in [0, 0.1) is 5.82 Å². The molecule has 2 rings (SSSR count). The van der Waals surface area contributed by atoms with Crippen molar-refractivity contribution in [1.82, 2.24) is 14.6 Å². The lowest BCUT2D eigenvalue weighted by Gasteiger charge is -2.37. The number of hydrogen-bond acceptors (Lipinski definition) is 4. The molecule has 2 heterocycles.